The number of fused-ring (bicyclic) bond motifs is 2. The van der Waals surface area contributed by atoms with E-state index in [9.17, 15) is 4.79 Å². The Bertz CT molecular complexity index is 664. The number of H-pyrrole nitrogens is 1. The summed E-state index contributed by atoms with van der Waals surface area (Å²) in [6, 6.07) is 11.8. The highest BCUT2D eigenvalue weighted by molar-refractivity contribution is 5.63. The third kappa shape index (κ3) is 3.64. The quantitative estimate of drug-likeness (QED) is 0.879. The number of ether oxygens (including phenoxy) is 2. The van der Waals surface area contributed by atoms with Crippen molar-refractivity contribution in [1.29, 1.82) is 0 Å². The van der Waals surface area contributed by atoms with Crippen molar-refractivity contribution in [1.82, 2.24) is 4.98 Å². The highest BCUT2D eigenvalue weighted by Gasteiger charge is 2.11. The van der Waals surface area contributed by atoms with Gasteiger partial charge in [-0.1, -0.05) is 30.3 Å². The van der Waals surface area contributed by atoms with Gasteiger partial charge in [0.1, 0.15) is 0 Å². The summed E-state index contributed by atoms with van der Waals surface area (Å²) in [6.45, 7) is 2.29. The molecular weight excluding hydrogens is 278 g/mol. The van der Waals surface area contributed by atoms with Crippen LogP contribution in [0.5, 0.6) is 0 Å². The van der Waals surface area contributed by atoms with Crippen molar-refractivity contribution in [2.75, 3.05) is 13.2 Å². The van der Waals surface area contributed by atoms with Gasteiger partial charge in [0.15, 0.2) is 0 Å². The van der Waals surface area contributed by atoms with Crippen molar-refractivity contribution in [2.45, 2.75) is 32.5 Å². The Labute approximate surface area is 130 Å². The molecule has 3 rings (SSSR count). The van der Waals surface area contributed by atoms with Gasteiger partial charge in [-0.2, -0.15) is 0 Å². The summed E-state index contributed by atoms with van der Waals surface area (Å²) in [7, 11) is 0. The van der Waals surface area contributed by atoms with Gasteiger partial charge in [0, 0.05) is 24.3 Å². The SMILES string of the molecule is O=c1[nH]c(-c2ccccc2)c2cc1COCCCCCOC2. The van der Waals surface area contributed by atoms with Gasteiger partial charge in [0.25, 0.3) is 5.56 Å². The first-order valence-electron chi connectivity index (χ1n) is 7.80. The average Bonchev–Trinajstić information content (AvgIpc) is 2.54. The van der Waals surface area contributed by atoms with Gasteiger partial charge in [-0.3, -0.25) is 4.79 Å². The van der Waals surface area contributed by atoms with Gasteiger partial charge in [-0.05, 0) is 30.9 Å². The van der Waals surface area contributed by atoms with E-state index in [0.29, 0.717) is 25.4 Å². The lowest BCUT2D eigenvalue weighted by Crippen LogP contribution is -2.17. The maximum absolute atomic E-state index is 12.3. The van der Waals surface area contributed by atoms with E-state index in [2.05, 4.69) is 4.98 Å². The first kappa shape index (κ1) is 15.0. The van der Waals surface area contributed by atoms with Crippen molar-refractivity contribution in [3.63, 3.8) is 0 Å². The third-order valence-corrected chi connectivity index (χ3v) is 3.85. The van der Waals surface area contributed by atoms with Gasteiger partial charge in [-0.15, -0.1) is 0 Å². The van der Waals surface area contributed by atoms with Crippen LogP contribution in [0.1, 0.15) is 30.4 Å². The van der Waals surface area contributed by atoms with Crippen LogP contribution in [-0.2, 0) is 22.7 Å². The van der Waals surface area contributed by atoms with E-state index in [1.165, 1.54) is 0 Å². The number of rotatable bonds is 1. The van der Waals surface area contributed by atoms with Crippen LogP contribution < -0.4 is 5.56 Å². The van der Waals surface area contributed by atoms with Gasteiger partial charge in [0.2, 0.25) is 0 Å². The van der Waals surface area contributed by atoms with Gasteiger partial charge < -0.3 is 14.5 Å². The molecule has 0 saturated heterocycles. The predicted octanol–water partition coefficient (Wildman–Crippen LogP) is 3.26. The van der Waals surface area contributed by atoms with Crippen LogP contribution in [0, 0.1) is 0 Å². The Morgan fingerprint density at radius 1 is 0.864 bits per heavy atom. The molecule has 1 aromatic heterocycles. The zero-order valence-electron chi connectivity index (χ0n) is 12.6. The first-order valence-corrected chi connectivity index (χ1v) is 7.80. The topological polar surface area (TPSA) is 51.3 Å². The molecular formula is C18H21NO3. The molecule has 22 heavy (non-hydrogen) atoms. The highest BCUT2D eigenvalue weighted by atomic mass is 16.5. The molecule has 0 fully saturated rings. The fourth-order valence-corrected chi connectivity index (χ4v) is 2.65. The molecule has 0 aliphatic carbocycles. The monoisotopic (exact) mass is 299 g/mol. The molecule has 2 heterocycles. The molecule has 1 aliphatic heterocycles. The molecule has 4 nitrogen and oxygen atoms in total. The van der Waals surface area contributed by atoms with Crippen LogP contribution in [-0.4, -0.2) is 18.2 Å². The minimum Gasteiger partial charge on any atom is -0.377 e. The highest BCUT2D eigenvalue weighted by Crippen LogP contribution is 2.22. The molecule has 116 valence electrons. The molecule has 1 aromatic carbocycles. The lowest BCUT2D eigenvalue weighted by atomic mass is 10.0. The maximum atomic E-state index is 12.3. The Kier molecular flexibility index (Phi) is 5.03. The van der Waals surface area contributed by atoms with Crippen LogP contribution in [0.15, 0.2) is 41.2 Å². The Hall–Kier alpha value is -1.91. The van der Waals surface area contributed by atoms with E-state index in [1.54, 1.807) is 0 Å². The molecule has 2 aromatic rings. The van der Waals surface area contributed by atoms with Crippen LogP contribution in [0.3, 0.4) is 0 Å². The second-order valence-corrected chi connectivity index (χ2v) is 5.56. The van der Waals surface area contributed by atoms with Crippen LogP contribution in [0.2, 0.25) is 0 Å². The second-order valence-electron chi connectivity index (χ2n) is 5.56. The minimum atomic E-state index is -0.0836. The summed E-state index contributed by atoms with van der Waals surface area (Å²) in [5.41, 5.74) is 3.42. The summed E-state index contributed by atoms with van der Waals surface area (Å²) < 4.78 is 11.4. The lowest BCUT2D eigenvalue weighted by Gasteiger charge is -2.14. The standard InChI is InChI=1S/C18H21NO3/c20-18-16-11-15(12-21-9-5-2-6-10-22-13-16)17(19-18)14-7-3-1-4-8-14/h1,3-4,7-8,11H,2,5-6,9-10,12-13H2,(H,19,20). The van der Waals surface area contributed by atoms with Crippen molar-refractivity contribution in [3.8, 4) is 11.3 Å². The van der Waals surface area contributed by atoms with Crippen molar-refractivity contribution in [2.24, 2.45) is 0 Å². The molecule has 1 aliphatic rings. The first-order chi connectivity index (χ1) is 10.8. The largest absolute Gasteiger partial charge is 0.377 e. The van der Waals surface area contributed by atoms with E-state index in [0.717, 1.165) is 42.7 Å². The van der Waals surface area contributed by atoms with Crippen LogP contribution >= 0.6 is 0 Å². The number of pyridine rings is 1. The number of benzene rings is 1. The molecule has 2 bridgehead atoms. The average molecular weight is 299 g/mol. The fourth-order valence-electron chi connectivity index (χ4n) is 2.65. The molecule has 4 heteroatoms. The molecule has 0 saturated carbocycles. The minimum absolute atomic E-state index is 0.0836. The Morgan fingerprint density at radius 3 is 2.27 bits per heavy atom. The second kappa shape index (κ2) is 7.38. The van der Waals surface area contributed by atoms with Crippen molar-refractivity contribution < 1.29 is 9.47 Å². The van der Waals surface area contributed by atoms with E-state index in [1.807, 2.05) is 36.4 Å². The van der Waals surface area contributed by atoms with E-state index < -0.39 is 0 Å². The molecule has 0 amide bonds. The summed E-state index contributed by atoms with van der Waals surface area (Å²) in [4.78, 5) is 15.3. The molecule has 1 N–H and O–H groups in total. The Morgan fingerprint density at radius 2 is 1.55 bits per heavy atom. The predicted molar refractivity (Wildman–Crippen MR) is 85.7 cm³/mol. The maximum Gasteiger partial charge on any atom is 0.253 e. The van der Waals surface area contributed by atoms with Crippen molar-refractivity contribution in [3.05, 3.63) is 57.9 Å². The zero-order valence-corrected chi connectivity index (χ0v) is 12.6. The van der Waals surface area contributed by atoms with E-state index in [4.69, 9.17) is 9.47 Å². The number of hydrogen-bond donors (Lipinski definition) is 1. The summed E-state index contributed by atoms with van der Waals surface area (Å²) in [6.07, 6.45) is 3.15. The number of hydrogen-bond acceptors (Lipinski definition) is 3. The summed E-state index contributed by atoms with van der Waals surface area (Å²) >= 11 is 0. The van der Waals surface area contributed by atoms with Gasteiger partial charge in [-0.25, -0.2) is 0 Å². The zero-order chi connectivity index (χ0) is 15.2. The van der Waals surface area contributed by atoms with E-state index >= 15 is 0 Å². The van der Waals surface area contributed by atoms with Crippen LogP contribution in [0.25, 0.3) is 11.3 Å². The van der Waals surface area contributed by atoms with Crippen LogP contribution in [0.4, 0.5) is 0 Å². The normalized spacial score (nSPS) is 16.5. The summed E-state index contributed by atoms with van der Waals surface area (Å²) in [5.74, 6) is 0. The third-order valence-electron chi connectivity index (χ3n) is 3.85. The van der Waals surface area contributed by atoms with E-state index in [-0.39, 0.29) is 5.56 Å². The number of aromatic nitrogens is 1. The molecule has 0 atom stereocenters. The van der Waals surface area contributed by atoms with Crippen molar-refractivity contribution >= 4 is 0 Å². The Balaban J connectivity index is 1.98. The number of aromatic amines is 1. The lowest BCUT2D eigenvalue weighted by molar-refractivity contribution is 0.0975. The molecule has 0 unspecified atom stereocenters. The number of nitrogens with one attached hydrogen (secondary N) is 1. The summed E-state index contributed by atoms with van der Waals surface area (Å²) in [5, 5.41) is 0. The smallest absolute Gasteiger partial charge is 0.253 e. The fraction of sp³-hybridized carbons (Fsp3) is 0.389. The molecule has 0 radical (unpaired) electrons. The van der Waals surface area contributed by atoms with Gasteiger partial charge in [0.05, 0.1) is 18.9 Å². The van der Waals surface area contributed by atoms with Gasteiger partial charge >= 0.3 is 0 Å². The molecule has 0 spiro atoms.